The Bertz CT molecular complexity index is 480. The van der Waals surface area contributed by atoms with Crippen molar-refractivity contribution in [2.75, 3.05) is 5.73 Å². The molecule has 0 aliphatic heterocycles. The zero-order chi connectivity index (χ0) is 12.1. The van der Waals surface area contributed by atoms with Crippen LogP contribution in [0.15, 0.2) is 48.5 Å². The zero-order valence-electron chi connectivity index (χ0n) is 9.47. The predicted molar refractivity (Wildman–Crippen MR) is 67.5 cm³/mol. The maximum atomic E-state index is 9.29. The van der Waals surface area contributed by atoms with Crippen molar-refractivity contribution < 1.29 is 9.84 Å². The molecule has 0 aromatic heterocycles. The number of benzene rings is 2. The maximum Gasteiger partial charge on any atom is 0.115 e. The first-order valence-electron chi connectivity index (χ1n) is 5.44. The Balaban J connectivity index is 1.85. The SMILES string of the molecule is Nc1ccc(COCc2cccc(O)c2)cc1. The Morgan fingerprint density at radius 2 is 1.65 bits per heavy atom. The Morgan fingerprint density at radius 1 is 0.941 bits per heavy atom. The van der Waals surface area contributed by atoms with Crippen LogP contribution in [0.2, 0.25) is 0 Å². The fourth-order valence-electron chi connectivity index (χ4n) is 1.55. The van der Waals surface area contributed by atoms with Crippen LogP contribution in [0.3, 0.4) is 0 Å². The summed E-state index contributed by atoms with van der Waals surface area (Å²) in [7, 11) is 0. The average Bonchev–Trinajstić information content (AvgIpc) is 2.32. The third-order valence-corrected chi connectivity index (χ3v) is 2.43. The van der Waals surface area contributed by atoms with Crippen LogP contribution in [0.4, 0.5) is 5.69 Å². The molecule has 3 heteroatoms. The van der Waals surface area contributed by atoms with Gasteiger partial charge in [-0.15, -0.1) is 0 Å². The van der Waals surface area contributed by atoms with Gasteiger partial charge in [0, 0.05) is 5.69 Å². The second-order valence-electron chi connectivity index (χ2n) is 3.90. The van der Waals surface area contributed by atoms with E-state index >= 15 is 0 Å². The van der Waals surface area contributed by atoms with E-state index in [4.69, 9.17) is 10.5 Å². The van der Waals surface area contributed by atoms with Gasteiger partial charge in [0.1, 0.15) is 5.75 Å². The lowest BCUT2D eigenvalue weighted by atomic mass is 10.2. The molecule has 0 aliphatic carbocycles. The molecule has 2 aromatic rings. The third-order valence-electron chi connectivity index (χ3n) is 2.43. The monoisotopic (exact) mass is 229 g/mol. The van der Waals surface area contributed by atoms with Gasteiger partial charge in [-0.1, -0.05) is 24.3 Å². The summed E-state index contributed by atoms with van der Waals surface area (Å²) < 4.78 is 5.55. The molecule has 88 valence electrons. The van der Waals surface area contributed by atoms with Gasteiger partial charge in [0.05, 0.1) is 13.2 Å². The van der Waals surface area contributed by atoms with E-state index in [9.17, 15) is 5.11 Å². The van der Waals surface area contributed by atoms with Crippen LogP contribution in [0.1, 0.15) is 11.1 Å². The highest BCUT2D eigenvalue weighted by atomic mass is 16.5. The number of ether oxygens (including phenoxy) is 1. The molecule has 17 heavy (non-hydrogen) atoms. The van der Waals surface area contributed by atoms with Gasteiger partial charge in [-0.3, -0.25) is 0 Å². The molecule has 2 rings (SSSR count). The molecule has 0 saturated carbocycles. The van der Waals surface area contributed by atoms with Crippen LogP contribution in [-0.2, 0) is 18.0 Å². The lowest BCUT2D eigenvalue weighted by Crippen LogP contribution is -1.94. The van der Waals surface area contributed by atoms with Crippen molar-refractivity contribution in [1.29, 1.82) is 0 Å². The standard InChI is InChI=1S/C14H15NO2/c15-13-6-4-11(5-7-13)9-17-10-12-2-1-3-14(16)8-12/h1-8,16H,9-10,15H2. The zero-order valence-corrected chi connectivity index (χ0v) is 9.47. The van der Waals surface area contributed by atoms with Gasteiger partial charge in [-0.2, -0.15) is 0 Å². The molecule has 0 radical (unpaired) electrons. The first kappa shape index (κ1) is 11.5. The fourth-order valence-corrected chi connectivity index (χ4v) is 1.55. The van der Waals surface area contributed by atoms with Crippen LogP contribution >= 0.6 is 0 Å². The molecule has 0 spiro atoms. The second-order valence-corrected chi connectivity index (χ2v) is 3.90. The molecule has 3 N–H and O–H groups in total. The summed E-state index contributed by atoms with van der Waals surface area (Å²) >= 11 is 0. The topological polar surface area (TPSA) is 55.5 Å². The van der Waals surface area contributed by atoms with E-state index < -0.39 is 0 Å². The molecular formula is C14H15NO2. The van der Waals surface area contributed by atoms with E-state index in [0.717, 1.165) is 16.8 Å². The summed E-state index contributed by atoms with van der Waals surface area (Å²) in [6.45, 7) is 1.02. The van der Waals surface area contributed by atoms with E-state index in [1.54, 1.807) is 18.2 Å². The molecule has 0 aliphatic rings. The molecule has 3 nitrogen and oxygen atoms in total. The molecule has 2 aromatic carbocycles. The largest absolute Gasteiger partial charge is 0.508 e. The van der Waals surface area contributed by atoms with Crippen molar-refractivity contribution in [3.63, 3.8) is 0 Å². The number of rotatable bonds is 4. The molecular weight excluding hydrogens is 214 g/mol. The van der Waals surface area contributed by atoms with Gasteiger partial charge < -0.3 is 15.6 Å². The van der Waals surface area contributed by atoms with Gasteiger partial charge in [0.2, 0.25) is 0 Å². The first-order chi connectivity index (χ1) is 8.24. The highest BCUT2D eigenvalue weighted by molar-refractivity contribution is 5.39. The smallest absolute Gasteiger partial charge is 0.115 e. The highest BCUT2D eigenvalue weighted by Gasteiger charge is 1.96. The number of nitrogen functional groups attached to an aromatic ring is 1. The van der Waals surface area contributed by atoms with Gasteiger partial charge >= 0.3 is 0 Å². The quantitative estimate of drug-likeness (QED) is 0.792. The number of nitrogens with two attached hydrogens (primary N) is 1. The van der Waals surface area contributed by atoms with Crippen LogP contribution in [0, 0.1) is 0 Å². The maximum absolute atomic E-state index is 9.29. The first-order valence-corrected chi connectivity index (χ1v) is 5.44. The van der Waals surface area contributed by atoms with Crippen molar-refractivity contribution in [3.8, 4) is 5.75 Å². The molecule has 0 fully saturated rings. The van der Waals surface area contributed by atoms with Crippen LogP contribution in [0.25, 0.3) is 0 Å². The third kappa shape index (κ3) is 3.50. The fraction of sp³-hybridized carbons (Fsp3) is 0.143. The number of phenols is 1. The van der Waals surface area contributed by atoms with E-state index in [0.29, 0.717) is 13.2 Å². The van der Waals surface area contributed by atoms with E-state index in [1.807, 2.05) is 30.3 Å². The molecule has 0 amide bonds. The minimum absolute atomic E-state index is 0.263. The predicted octanol–water partition coefficient (Wildman–Crippen LogP) is 2.69. The normalized spacial score (nSPS) is 10.4. The number of hydrogen-bond donors (Lipinski definition) is 2. The second kappa shape index (κ2) is 5.37. The molecule has 0 heterocycles. The van der Waals surface area contributed by atoms with Crippen molar-refractivity contribution in [3.05, 3.63) is 59.7 Å². The van der Waals surface area contributed by atoms with Gasteiger partial charge in [-0.05, 0) is 35.4 Å². The van der Waals surface area contributed by atoms with E-state index in [-0.39, 0.29) is 5.75 Å². The Kier molecular flexibility index (Phi) is 3.62. The van der Waals surface area contributed by atoms with Crippen molar-refractivity contribution in [1.82, 2.24) is 0 Å². The summed E-state index contributed by atoms with van der Waals surface area (Å²) in [4.78, 5) is 0. The lowest BCUT2D eigenvalue weighted by molar-refractivity contribution is 0.107. The van der Waals surface area contributed by atoms with E-state index in [1.165, 1.54) is 0 Å². The summed E-state index contributed by atoms with van der Waals surface area (Å²) in [5.41, 5.74) is 8.39. The summed E-state index contributed by atoms with van der Waals surface area (Å²) in [6, 6.07) is 14.7. The number of hydrogen-bond acceptors (Lipinski definition) is 3. The Hall–Kier alpha value is -2.00. The molecule has 0 unspecified atom stereocenters. The van der Waals surface area contributed by atoms with E-state index in [2.05, 4.69) is 0 Å². The average molecular weight is 229 g/mol. The number of aromatic hydroxyl groups is 1. The summed E-state index contributed by atoms with van der Waals surface area (Å²) in [5, 5.41) is 9.29. The number of anilines is 1. The van der Waals surface area contributed by atoms with Crippen molar-refractivity contribution >= 4 is 5.69 Å². The molecule has 0 saturated heterocycles. The van der Waals surface area contributed by atoms with Gasteiger partial charge in [-0.25, -0.2) is 0 Å². The van der Waals surface area contributed by atoms with Crippen molar-refractivity contribution in [2.24, 2.45) is 0 Å². The van der Waals surface area contributed by atoms with Crippen molar-refractivity contribution in [2.45, 2.75) is 13.2 Å². The minimum Gasteiger partial charge on any atom is -0.508 e. The number of phenolic OH excluding ortho intramolecular Hbond substituents is 1. The molecule has 0 bridgehead atoms. The van der Waals surface area contributed by atoms with Crippen LogP contribution in [-0.4, -0.2) is 5.11 Å². The summed E-state index contributed by atoms with van der Waals surface area (Å²) in [5.74, 6) is 0.263. The Labute approximate surface area is 100 Å². The Morgan fingerprint density at radius 3 is 2.35 bits per heavy atom. The van der Waals surface area contributed by atoms with Crippen LogP contribution < -0.4 is 5.73 Å². The van der Waals surface area contributed by atoms with Crippen LogP contribution in [0.5, 0.6) is 5.75 Å². The lowest BCUT2D eigenvalue weighted by Gasteiger charge is -2.05. The minimum atomic E-state index is 0.263. The van der Waals surface area contributed by atoms with Gasteiger partial charge in [0.15, 0.2) is 0 Å². The summed E-state index contributed by atoms with van der Waals surface area (Å²) in [6.07, 6.45) is 0. The highest BCUT2D eigenvalue weighted by Crippen LogP contribution is 2.13. The van der Waals surface area contributed by atoms with Gasteiger partial charge in [0.25, 0.3) is 0 Å². The molecule has 0 atom stereocenters.